The number of hydrogen-bond donors (Lipinski definition) is 0. The average molecular weight is 264 g/mol. The third-order valence-corrected chi connectivity index (χ3v) is 5.43. The summed E-state index contributed by atoms with van der Waals surface area (Å²) in [5, 5.41) is 0. The number of esters is 1. The van der Waals surface area contributed by atoms with Gasteiger partial charge in [-0.3, -0.25) is 4.79 Å². The van der Waals surface area contributed by atoms with Gasteiger partial charge >= 0.3 is 5.97 Å². The monoisotopic (exact) mass is 264 g/mol. The van der Waals surface area contributed by atoms with Crippen LogP contribution in [0.3, 0.4) is 0 Å². The Bertz CT molecular complexity index is 401. The molecule has 0 bridgehead atoms. The van der Waals surface area contributed by atoms with Gasteiger partial charge in [-0.25, -0.2) is 0 Å². The first kappa shape index (κ1) is 14.6. The normalized spacial score (nSPS) is 28.2. The molecule has 0 heterocycles. The van der Waals surface area contributed by atoms with E-state index in [0.717, 1.165) is 6.42 Å². The van der Waals surface area contributed by atoms with Gasteiger partial charge in [0.15, 0.2) is 0 Å². The zero-order chi connectivity index (χ0) is 14.3. The Kier molecular flexibility index (Phi) is 3.81. The van der Waals surface area contributed by atoms with Crippen LogP contribution < -0.4 is 0 Å². The molecule has 2 heteroatoms. The molecule has 2 nitrogen and oxygen atoms in total. The summed E-state index contributed by atoms with van der Waals surface area (Å²) in [6.45, 7) is 11.6. The predicted molar refractivity (Wildman–Crippen MR) is 77.8 cm³/mol. The van der Waals surface area contributed by atoms with Crippen molar-refractivity contribution in [3.63, 3.8) is 0 Å². The van der Waals surface area contributed by atoms with E-state index in [1.54, 1.807) is 11.1 Å². The van der Waals surface area contributed by atoms with Crippen molar-refractivity contribution in [2.75, 3.05) is 6.61 Å². The molecular weight excluding hydrogens is 236 g/mol. The van der Waals surface area contributed by atoms with Crippen molar-refractivity contribution in [3.05, 3.63) is 11.1 Å². The molecule has 0 aromatic rings. The van der Waals surface area contributed by atoms with Crippen LogP contribution >= 0.6 is 0 Å². The van der Waals surface area contributed by atoms with Crippen LogP contribution in [0, 0.1) is 16.7 Å². The van der Waals surface area contributed by atoms with Gasteiger partial charge in [0.05, 0.1) is 6.61 Å². The summed E-state index contributed by atoms with van der Waals surface area (Å²) in [4.78, 5) is 10.9. The SMILES string of the molecule is CC(=O)OCCC1CC2=C(CCCC2(C)C)C1(C)C. The van der Waals surface area contributed by atoms with Gasteiger partial charge in [0.2, 0.25) is 0 Å². The summed E-state index contributed by atoms with van der Waals surface area (Å²) >= 11 is 0. The van der Waals surface area contributed by atoms with E-state index in [9.17, 15) is 4.79 Å². The maximum Gasteiger partial charge on any atom is 0.302 e. The second kappa shape index (κ2) is 4.96. The molecule has 0 amide bonds. The molecule has 0 N–H and O–H groups in total. The molecule has 0 aromatic heterocycles. The summed E-state index contributed by atoms with van der Waals surface area (Å²) in [5.41, 5.74) is 4.07. The fraction of sp³-hybridized carbons (Fsp3) is 0.824. The van der Waals surface area contributed by atoms with Crippen LogP contribution in [0.25, 0.3) is 0 Å². The third kappa shape index (κ3) is 2.73. The van der Waals surface area contributed by atoms with E-state index in [1.807, 2.05) is 0 Å². The molecule has 2 rings (SSSR count). The molecule has 1 atom stereocenters. The Morgan fingerprint density at radius 1 is 1.26 bits per heavy atom. The minimum Gasteiger partial charge on any atom is -0.466 e. The lowest BCUT2D eigenvalue weighted by Crippen LogP contribution is -2.24. The standard InChI is InChI=1S/C17H28O2/c1-12(18)19-10-8-13-11-15-14(17(13,4)5)7-6-9-16(15,2)3/h13H,6-11H2,1-5H3. The van der Waals surface area contributed by atoms with Crippen LogP contribution in [-0.2, 0) is 9.53 Å². The summed E-state index contributed by atoms with van der Waals surface area (Å²) < 4.78 is 5.15. The molecule has 19 heavy (non-hydrogen) atoms. The average Bonchev–Trinajstić information content (AvgIpc) is 2.52. The van der Waals surface area contributed by atoms with E-state index in [-0.39, 0.29) is 11.4 Å². The highest BCUT2D eigenvalue weighted by Crippen LogP contribution is 2.58. The molecule has 1 unspecified atom stereocenters. The first-order valence-electron chi connectivity index (χ1n) is 7.61. The zero-order valence-electron chi connectivity index (χ0n) is 13.1. The van der Waals surface area contributed by atoms with Crippen LogP contribution in [-0.4, -0.2) is 12.6 Å². The molecule has 2 aliphatic rings. The zero-order valence-corrected chi connectivity index (χ0v) is 13.1. The fourth-order valence-corrected chi connectivity index (χ4v) is 4.08. The van der Waals surface area contributed by atoms with E-state index in [2.05, 4.69) is 27.7 Å². The predicted octanol–water partition coefficient (Wildman–Crippen LogP) is 4.49. The van der Waals surface area contributed by atoms with Crippen molar-refractivity contribution >= 4 is 5.97 Å². The Morgan fingerprint density at radius 2 is 1.95 bits per heavy atom. The van der Waals surface area contributed by atoms with Crippen LogP contribution in [0.5, 0.6) is 0 Å². The first-order valence-corrected chi connectivity index (χ1v) is 7.61. The molecule has 0 saturated heterocycles. The fourth-order valence-electron chi connectivity index (χ4n) is 4.08. The van der Waals surface area contributed by atoms with Gasteiger partial charge in [0.1, 0.15) is 0 Å². The van der Waals surface area contributed by atoms with Gasteiger partial charge in [-0.05, 0) is 48.9 Å². The summed E-state index contributed by atoms with van der Waals surface area (Å²) in [6, 6.07) is 0. The molecule has 0 fully saturated rings. The Balaban J connectivity index is 2.10. The summed E-state index contributed by atoms with van der Waals surface area (Å²) in [5.74, 6) is 0.475. The van der Waals surface area contributed by atoms with Gasteiger partial charge in [0.25, 0.3) is 0 Å². The highest BCUT2D eigenvalue weighted by atomic mass is 16.5. The van der Waals surface area contributed by atoms with Gasteiger partial charge in [0, 0.05) is 6.92 Å². The van der Waals surface area contributed by atoms with Crippen molar-refractivity contribution < 1.29 is 9.53 Å². The second-order valence-electron chi connectivity index (χ2n) is 7.45. The number of allylic oxidation sites excluding steroid dienone is 2. The van der Waals surface area contributed by atoms with Crippen molar-refractivity contribution in [3.8, 4) is 0 Å². The maximum atomic E-state index is 10.9. The second-order valence-corrected chi connectivity index (χ2v) is 7.45. The highest BCUT2D eigenvalue weighted by Gasteiger charge is 2.46. The van der Waals surface area contributed by atoms with Crippen LogP contribution in [0.2, 0.25) is 0 Å². The minimum absolute atomic E-state index is 0.158. The lowest BCUT2D eigenvalue weighted by Gasteiger charge is -2.36. The van der Waals surface area contributed by atoms with Crippen molar-refractivity contribution in [1.82, 2.24) is 0 Å². The van der Waals surface area contributed by atoms with E-state index in [1.165, 1.54) is 32.6 Å². The van der Waals surface area contributed by atoms with Crippen molar-refractivity contribution in [2.45, 2.75) is 66.7 Å². The van der Waals surface area contributed by atoms with Crippen molar-refractivity contribution in [1.29, 1.82) is 0 Å². The number of carbonyl (C=O) groups excluding carboxylic acids is 1. The summed E-state index contributed by atoms with van der Waals surface area (Å²) in [7, 11) is 0. The first-order chi connectivity index (χ1) is 8.75. The number of ether oxygens (including phenoxy) is 1. The number of hydrogen-bond acceptors (Lipinski definition) is 2. The Morgan fingerprint density at radius 3 is 2.53 bits per heavy atom. The molecular formula is C17H28O2. The van der Waals surface area contributed by atoms with E-state index < -0.39 is 0 Å². The molecule has 0 aromatic carbocycles. The molecule has 0 radical (unpaired) electrons. The van der Waals surface area contributed by atoms with Gasteiger partial charge in [-0.2, -0.15) is 0 Å². The molecule has 108 valence electrons. The molecule has 0 spiro atoms. The Labute approximate surface area is 117 Å². The maximum absolute atomic E-state index is 10.9. The minimum atomic E-state index is -0.158. The molecule has 2 aliphatic carbocycles. The largest absolute Gasteiger partial charge is 0.466 e. The van der Waals surface area contributed by atoms with Gasteiger partial charge < -0.3 is 4.74 Å². The quantitative estimate of drug-likeness (QED) is 0.554. The molecule has 0 saturated carbocycles. The van der Waals surface area contributed by atoms with E-state index >= 15 is 0 Å². The topological polar surface area (TPSA) is 26.3 Å². The van der Waals surface area contributed by atoms with Crippen molar-refractivity contribution in [2.24, 2.45) is 16.7 Å². The number of carbonyl (C=O) groups is 1. The van der Waals surface area contributed by atoms with E-state index in [4.69, 9.17) is 4.74 Å². The van der Waals surface area contributed by atoms with E-state index in [0.29, 0.717) is 17.9 Å². The summed E-state index contributed by atoms with van der Waals surface area (Å²) in [6.07, 6.45) is 6.12. The highest BCUT2D eigenvalue weighted by molar-refractivity contribution is 5.65. The van der Waals surface area contributed by atoms with Crippen LogP contribution in [0.4, 0.5) is 0 Å². The number of rotatable bonds is 3. The Hall–Kier alpha value is -0.790. The molecule has 0 aliphatic heterocycles. The van der Waals surface area contributed by atoms with Gasteiger partial charge in [-0.1, -0.05) is 38.8 Å². The smallest absolute Gasteiger partial charge is 0.302 e. The lowest BCUT2D eigenvalue weighted by atomic mass is 9.70. The van der Waals surface area contributed by atoms with Gasteiger partial charge in [-0.15, -0.1) is 0 Å². The van der Waals surface area contributed by atoms with Crippen LogP contribution in [0.15, 0.2) is 11.1 Å². The van der Waals surface area contributed by atoms with Crippen LogP contribution in [0.1, 0.15) is 66.7 Å². The third-order valence-electron chi connectivity index (χ3n) is 5.43. The lowest BCUT2D eigenvalue weighted by molar-refractivity contribution is -0.141.